The molecule has 0 aliphatic heterocycles. The van der Waals surface area contributed by atoms with Crippen molar-refractivity contribution in [2.45, 2.75) is 77.4 Å². The highest BCUT2D eigenvalue weighted by molar-refractivity contribution is 14.0. The van der Waals surface area contributed by atoms with E-state index in [2.05, 4.69) is 22.5 Å². The fourth-order valence-electron chi connectivity index (χ4n) is 3.03. The molecule has 1 aromatic rings. The molecule has 1 aliphatic rings. The fraction of sp³-hybridized carbons (Fsp3) is 0.600. The van der Waals surface area contributed by atoms with Gasteiger partial charge in [0, 0.05) is 17.6 Å². The van der Waals surface area contributed by atoms with Gasteiger partial charge >= 0.3 is 0 Å². The van der Waals surface area contributed by atoms with Gasteiger partial charge in [0.1, 0.15) is 0 Å². The van der Waals surface area contributed by atoms with Crippen LogP contribution in [0.3, 0.4) is 0 Å². The van der Waals surface area contributed by atoms with Gasteiger partial charge in [-0.2, -0.15) is 0 Å². The van der Waals surface area contributed by atoms with E-state index in [1.807, 2.05) is 31.2 Å². The molecule has 0 bridgehead atoms. The Labute approximate surface area is 174 Å². The van der Waals surface area contributed by atoms with Crippen LogP contribution in [0.4, 0.5) is 0 Å². The van der Waals surface area contributed by atoms with E-state index in [4.69, 9.17) is 5.73 Å². The Kier molecular flexibility index (Phi) is 10.6. The summed E-state index contributed by atoms with van der Waals surface area (Å²) in [5, 5.41) is 6.32. The lowest BCUT2D eigenvalue weighted by atomic mass is 10.1. The van der Waals surface area contributed by atoms with Gasteiger partial charge in [-0.15, -0.1) is 24.0 Å². The molecule has 1 fully saturated rings. The molecular weight excluding hydrogens is 439 g/mol. The van der Waals surface area contributed by atoms with Gasteiger partial charge in [0.15, 0.2) is 5.96 Å². The van der Waals surface area contributed by atoms with E-state index in [1.165, 1.54) is 38.5 Å². The maximum Gasteiger partial charge on any atom is 0.251 e. The van der Waals surface area contributed by atoms with Gasteiger partial charge in [-0.3, -0.25) is 4.79 Å². The molecule has 0 aromatic heterocycles. The van der Waals surface area contributed by atoms with Crippen molar-refractivity contribution in [2.24, 2.45) is 10.7 Å². The number of nitrogens with two attached hydrogens (primary N) is 1. The number of nitrogens with one attached hydrogen (secondary N) is 2. The van der Waals surface area contributed by atoms with Crippen LogP contribution < -0.4 is 16.4 Å². The zero-order valence-corrected chi connectivity index (χ0v) is 18.3. The van der Waals surface area contributed by atoms with E-state index in [-0.39, 0.29) is 35.9 Å². The largest absolute Gasteiger partial charge is 0.370 e. The maximum atomic E-state index is 12.1. The summed E-state index contributed by atoms with van der Waals surface area (Å²) >= 11 is 0. The Morgan fingerprint density at radius 2 is 1.81 bits per heavy atom. The summed E-state index contributed by atoms with van der Waals surface area (Å²) in [4.78, 5) is 16.5. The van der Waals surface area contributed by atoms with Crippen molar-refractivity contribution in [1.82, 2.24) is 10.6 Å². The van der Waals surface area contributed by atoms with Crippen molar-refractivity contribution in [3.63, 3.8) is 0 Å². The molecule has 0 saturated heterocycles. The number of rotatable bonds is 6. The van der Waals surface area contributed by atoms with Crippen LogP contribution >= 0.6 is 24.0 Å². The summed E-state index contributed by atoms with van der Waals surface area (Å²) < 4.78 is 0. The highest BCUT2D eigenvalue weighted by Gasteiger charge is 2.12. The third-order valence-electron chi connectivity index (χ3n) is 4.85. The Morgan fingerprint density at radius 1 is 1.19 bits per heavy atom. The van der Waals surface area contributed by atoms with E-state index in [9.17, 15) is 4.79 Å². The molecule has 146 valence electrons. The smallest absolute Gasteiger partial charge is 0.251 e. The molecule has 5 nitrogen and oxygen atoms in total. The topological polar surface area (TPSA) is 79.5 Å². The lowest BCUT2D eigenvalue weighted by Crippen LogP contribution is -2.39. The monoisotopic (exact) mass is 472 g/mol. The summed E-state index contributed by atoms with van der Waals surface area (Å²) in [6.07, 6.45) is 8.47. The highest BCUT2D eigenvalue weighted by atomic mass is 127. The SMILES string of the molecule is CCC(C)NC(=O)c1ccc(CN=C(N)NC2CCCCCC2)cc1.I. The Bertz CT molecular complexity index is 566. The molecule has 1 aliphatic carbocycles. The van der Waals surface area contributed by atoms with Crippen LogP contribution in [0.5, 0.6) is 0 Å². The zero-order valence-electron chi connectivity index (χ0n) is 16.0. The normalized spacial score (nSPS) is 16.9. The van der Waals surface area contributed by atoms with Gasteiger partial charge < -0.3 is 16.4 Å². The van der Waals surface area contributed by atoms with Gasteiger partial charge in [0.25, 0.3) is 5.91 Å². The van der Waals surface area contributed by atoms with Crippen LogP contribution in [0.2, 0.25) is 0 Å². The standard InChI is InChI=1S/C20H32N4O.HI/c1-3-15(2)23-19(25)17-12-10-16(11-13-17)14-22-20(21)24-18-8-6-4-5-7-9-18;/h10-13,15,18H,3-9,14H2,1-2H3,(H,23,25)(H3,21,22,24);1H. The number of halogens is 1. The quantitative estimate of drug-likeness (QED) is 0.254. The average Bonchev–Trinajstić information content (AvgIpc) is 2.89. The Morgan fingerprint density at radius 3 is 2.38 bits per heavy atom. The number of hydrogen-bond acceptors (Lipinski definition) is 2. The number of aliphatic imine (C=N–C) groups is 1. The third kappa shape index (κ3) is 7.93. The lowest BCUT2D eigenvalue weighted by Gasteiger charge is -2.16. The van der Waals surface area contributed by atoms with Gasteiger partial charge in [-0.25, -0.2) is 4.99 Å². The number of guanidine groups is 1. The molecular formula is C20H33IN4O. The minimum absolute atomic E-state index is 0. The van der Waals surface area contributed by atoms with Gasteiger partial charge in [-0.05, 0) is 43.9 Å². The first-order valence-corrected chi connectivity index (χ1v) is 9.54. The summed E-state index contributed by atoms with van der Waals surface area (Å²) in [5.41, 5.74) is 7.75. The summed E-state index contributed by atoms with van der Waals surface area (Å²) in [6, 6.07) is 8.21. The molecule has 0 heterocycles. The van der Waals surface area contributed by atoms with Crippen molar-refractivity contribution < 1.29 is 4.79 Å². The first-order chi connectivity index (χ1) is 12.1. The average molecular weight is 472 g/mol. The van der Waals surface area contributed by atoms with E-state index in [1.54, 1.807) is 0 Å². The Hall–Kier alpha value is -1.31. The summed E-state index contributed by atoms with van der Waals surface area (Å²) in [5.74, 6) is 0.490. The molecule has 1 saturated carbocycles. The van der Waals surface area contributed by atoms with Crippen molar-refractivity contribution in [3.05, 3.63) is 35.4 Å². The fourth-order valence-corrected chi connectivity index (χ4v) is 3.03. The first-order valence-electron chi connectivity index (χ1n) is 9.54. The molecule has 26 heavy (non-hydrogen) atoms. The third-order valence-corrected chi connectivity index (χ3v) is 4.85. The molecule has 6 heteroatoms. The zero-order chi connectivity index (χ0) is 18.1. The summed E-state index contributed by atoms with van der Waals surface area (Å²) in [7, 11) is 0. The van der Waals surface area contributed by atoms with Crippen LogP contribution in [0.1, 0.15) is 74.7 Å². The summed E-state index contributed by atoms with van der Waals surface area (Å²) in [6.45, 7) is 4.59. The molecule has 4 N–H and O–H groups in total. The minimum atomic E-state index is -0.0288. The predicted octanol–water partition coefficient (Wildman–Crippen LogP) is 3.96. The van der Waals surface area contributed by atoms with Crippen molar-refractivity contribution >= 4 is 35.8 Å². The second kappa shape index (κ2) is 12.1. The number of carbonyl (C=O) groups excluding carboxylic acids is 1. The van der Waals surface area contributed by atoms with Crippen LogP contribution in [-0.2, 0) is 6.54 Å². The number of amides is 1. The molecule has 0 spiro atoms. The number of nitrogens with zero attached hydrogens (tertiary/aromatic N) is 1. The van der Waals surface area contributed by atoms with Crippen molar-refractivity contribution in [1.29, 1.82) is 0 Å². The molecule has 1 unspecified atom stereocenters. The minimum Gasteiger partial charge on any atom is -0.370 e. The second-order valence-electron chi connectivity index (χ2n) is 7.01. The molecule has 0 radical (unpaired) electrons. The molecule has 1 atom stereocenters. The van der Waals surface area contributed by atoms with Crippen LogP contribution in [0.15, 0.2) is 29.3 Å². The van der Waals surface area contributed by atoms with Crippen LogP contribution in [0.25, 0.3) is 0 Å². The van der Waals surface area contributed by atoms with Crippen LogP contribution in [-0.4, -0.2) is 24.0 Å². The Balaban J connectivity index is 0.00000338. The van der Waals surface area contributed by atoms with Gasteiger partial charge in [0.05, 0.1) is 6.54 Å². The highest BCUT2D eigenvalue weighted by Crippen LogP contribution is 2.17. The van der Waals surface area contributed by atoms with Crippen molar-refractivity contribution in [2.75, 3.05) is 0 Å². The van der Waals surface area contributed by atoms with E-state index < -0.39 is 0 Å². The second-order valence-corrected chi connectivity index (χ2v) is 7.01. The maximum absolute atomic E-state index is 12.1. The molecule has 1 aromatic carbocycles. The number of hydrogen-bond donors (Lipinski definition) is 3. The van der Waals surface area contributed by atoms with Crippen molar-refractivity contribution in [3.8, 4) is 0 Å². The number of carbonyl (C=O) groups is 1. The van der Waals surface area contributed by atoms with E-state index in [0.717, 1.165) is 12.0 Å². The van der Waals surface area contributed by atoms with E-state index >= 15 is 0 Å². The van der Waals surface area contributed by atoms with Crippen LogP contribution in [0, 0.1) is 0 Å². The van der Waals surface area contributed by atoms with Gasteiger partial charge in [0.2, 0.25) is 0 Å². The van der Waals surface area contributed by atoms with E-state index in [0.29, 0.717) is 24.1 Å². The lowest BCUT2D eigenvalue weighted by molar-refractivity contribution is 0.0939. The molecule has 2 rings (SSSR count). The number of benzene rings is 1. The van der Waals surface area contributed by atoms with Gasteiger partial charge in [-0.1, -0.05) is 44.7 Å². The predicted molar refractivity (Wildman–Crippen MR) is 119 cm³/mol. The first kappa shape index (κ1) is 22.7. The molecule has 1 amide bonds.